The van der Waals surface area contributed by atoms with Gasteiger partial charge < -0.3 is 16.2 Å². The van der Waals surface area contributed by atoms with Crippen LogP contribution in [0.15, 0.2) is 36.4 Å². The molecule has 0 spiro atoms. The van der Waals surface area contributed by atoms with Crippen LogP contribution in [-0.2, 0) is 0 Å². The molecule has 2 aromatic rings. The van der Waals surface area contributed by atoms with Gasteiger partial charge in [0.1, 0.15) is 5.75 Å². The van der Waals surface area contributed by atoms with Crippen LogP contribution in [0.1, 0.15) is 16.1 Å². The number of amides is 1. The van der Waals surface area contributed by atoms with Crippen molar-refractivity contribution in [3.63, 3.8) is 0 Å². The van der Waals surface area contributed by atoms with Gasteiger partial charge in [-0.3, -0.25) is 4.79 Å². The third kappa shape index (κ3) is 2.57. The molecule has 0 saturated heterocycles. The fraction of sp³-hybridized carbons (Fsp3) is 0.0769. The molecule has 1 heterocycles. The van der Waals surface area contributed by atoms with Crippen LogP contribution in [0.4, 0.5) is 5.69 Å². The summed E-state index contributed by atoms with van der Waals surface area (Å²) in [6.45, 7) is 1.84. The molecule has 5 nitrogen and oxygen atoms in total. The van der Waals surface area contributed by atoms with E-state index in [-0.39, 0.29) is 0 Å². The minimum atomic E-state index is -0.509. The standard InChI is InChI=1S/C13H13N3O2/c1-8-5-6-11(14)13(16-8)18-10-4-2-3-9(7-10)12(15)17/h2-7H,14H2,1H3,(H2,15,17). The number of nitrogens with zero attached hydrogens (tertiary/aromatic N) is 1. The number of benzene rings is 1. The second-order valence-electron chi connectivity index (χ2n) is 3.84. The summed E-state index contributed by atoms with van der Waals surface area (Å²) in [5, 5.41) is 0. The van der Waals surface area contributed by atoms with Gasteiger partial charge in [0.15, 0.2) is 0 Å². The molecule has 0 radical (unpaired) electrons. The molecule has 0 aliphatic carbocycles. The number of pyridine rings is 1. The minimum Gasteiger partial charge on any atom is -0.437 e. The van der Waals surface area contributed by atoms with E-state index in [0.29, 0.717) is 22.9 Å². The molecule has 1 aromatic heterocycles. The first-order chi connectivity index (χ1) is 8.56. The first-order valence-corrected chi connectivity index (χ1v) is 5.37. The fourth-order valence-corrected chi connectivity index (χ4v) is 1.45. The molecule has 0 saturated carbocycles. The van der Waals surface area contributed by atoms with E-state index in [1.54, 1.807) is 36.4 Å². The van der Waals surface area contributed by atoms with Gasteiger partial charge in [0.25, 0.3) is 0 Å². The summed E-state index contributed by atoms with van der Waals surface area (Å²) in [7, 11) is 0. The Labute approximate surface area is 104 Å². The monoisotopic (exact) mass is 243 g/mol. The first kappa shape index (κ1) is 11.9. The highest BCUT2D eigenvalue weighted by atomic mass is 16.5. The van der Waals surface area contributed by atoms with Crippen molar-refractivity contribution in [2.75, 3.05) is 5.73 Å². The number of nitrogens with two attached hydrogens (primary N) is 2. The summed E-state index contributed by atoms with van der Waals surface area (Å²) < 4.78 is 5.54. The normalized spacial score (nSPS) is 10.1. The highest BCUT2D eigenvalue weighted by molar-refractivity contribution is 5.93. The Bertz CT molecular complexity index is 597. The van der Waals surface area contributed by atoms with Gasteiger partial charge in [-0.1, -0.05) is 6.07 Å². The minimum absolute atomic E-state index is 0.316. The van der Waals surface area contributed by atoms with Gasteiger partial charge in [-0.2, -0.15) is 0 Å². The van der Waals surface area contributed by atoms with Crippen LogP contribution < -0.4 is 16.2 Å². The number of aromatic nitrogens is 1. The molecule has 0 aliphatic rings. The number of hydrogen-bond donors (Lipinski definition) is 2. The maximum absolute atomic E-state index is 11.1. The summed E-state index contributed by atoms with van der Waals surface area (Å²) in [5.74, 6) is 0.276. The Morgan fingerprint density at radius 1 is 1.28 bits per heavy atom. The zero-order chi connectivity index (χ0) is 13.1. The molecule has 0 atom stereocenters. The predicted octanol–water partition coefficient (Wildman–Crippen LogP) is 1.86. The molecule has 0 bridgehead atoms. The fourth-order valence-electron chi connectivity index (χ4n) is 1.45. The molecule has 4 N–H and O–H groups in total. The number of carbonyl (C=O) groups is 1. The zero-order valence-electron chi connectivity index (χ0n) is 9.88. The van der Waals surface area contributed by atoms with Gasteiger partial charge in [0, 0.05) is 11.3 Å². The van der Waals surface area contributed by atoms with E-state index >= 15 is 0 Å². The Kier molecular flexibility index (Phi) is 3.14. The van der Waals surface area contributed by atoms with Crippen molar-refractivity contribution in [2.45, 2.75) is 6.92 Å². The molecule has 1 aromatic carbocycles. The third-order valence-corrected chi connectivity index (χ3v) is 2.36. The summed E-state index contributed by atoms with van der Waals surface area (Å²) in [4.78, 5) is 15.2. The van der Waals surface area contributed by atoms with Crippen LogP contribution in [0, 0.1) is 6.92 Å². The van der Waals surface area contributed by atoms with Crippen LogP contribution in [0.5, 0.6) is 11.6 Å². The lowest BCUT2D eigenvalue weighted by Gasteiger charge is -2.08. The molecular formula is C13H13N3O2. The molecular weight excluding hydrogens is 230 g/mol. The van der Waals surface area contributed by atoms with E-state index in [1.807, 2.05) is 6.92 Å². The zero-order valence-corrected chi connectivity index (χ0v) is 9.88. The predicted molar refractivity (Wildman–Crippen MR) is 68.4 cm³/mol. The SMILES string of the molecule is Cc1ccc(N)c(Oc2cccc(C(N)=O)c2)n1. The lowest BCUT2D eigenvalue weighted by molar-refractivity contribution is 0.1000. The number of hydrogen-bond acceptors (Lipinski definition) is 4. The summed E-state index contributed by atoms with van der Waals surface area (Å²) in [5.41, 5.74) is 12.6. The lowest BCUT2D eigenvalue weighted by atomic mass is 10.2. The van der Waals surface area contributed by atoms with Gasteiger partial charge in [-0.05, 0) is 37.3 Å². The number of rotatable bonds is 3. The van der Waals surface area contributed by atoms with E-state index in [4.69, 9.17) is 16.2 Å². The average molecular weight is 243 g/mol. The van der Waals surface area contributed by atoms with Gasteiger partial charge in [0.2, 0.25) is 11.8 Å². The van der Waals surface area contributed by atoms with Crippen LogP contribution in [0.3, 0.4) is 0 Å². The smallest absolute Gasteiger partial charge is 0.248 e. The van der Waals surface area contributed by atoms with E-state index in [9.17, 15) is 4.79 Å². The van der Waals surface area contributed by atoms with Crippen LogP contribution >= 0.6 is 0 Å². The maximum Gasteiger partial charge on any atom is 0.248 e. The van der Waals surface area contributed by atoms with Crippen LogP contribution in [-0.4, -0.2) is 10.9 Å². The summed E-state index contributed by atoms with van der Waals surface area (Å²) in [6.07, 6.45) is 0. The molecule has 0 aliphatic heterocycles. The molecule has 2 rings (SSSR count). The number of primary amides is 1. The molecule has 5 heteroatoms. The van der Waals surface area contributed by atoms with Crippen molar-refractivity contribution >= 4 is 11.6 Å². The van der Waals surface area contributed by atoms with E-state index in [2.05, 4.69) is 4.98 Å². The second-order valence-corrected chi connectivity index (χ2v) is 3.84. The second kappa shape index (κ2) is 4.75. The third-order valence-electron chi connectivity index (χ3n) is 2.36. The Balaban J connectivity index is 2.31. The largest absolute Gasteiger partial charge is 0.437 e. The maximum atomic E-state index is 11.1. The van der Waals surface area contributed by atoms with E-state index < -0.39 is 5.91 Å². The quantitative estimate of drug-likeness (QED) is 0.860. The number of nitrogen functional groups attached to an aromatic ring is 1. The van der Waals surface area contributed by atoms with Crippen molar-refractivity contribution in [1.82, 2.24) is 4.98 Å². The van der Waals surface area contributed by atoms with Crippen molar-refractivity contribution in [3.8, 4) is 11.6 Å². The van der Waals surface area contributed by atoms with Gasteiger partial charge in [0.05, 0.1) is 5.69 Å². The number of carbonyl (C=O) groups excluding carboxylic acids is 1. The summed E-state index contributed by atoms with van der Waals surface area (Å²) in [6, 6.07) is 10.1. The topological polar surface area (TPSA) is 91.2 Å². The average Bonchev–Trinajstić information content (AvgIpc) is 2.34. The van der Waals surface area contributed by atoms with Crippen molar-refractivity contribution in [2.24, 2.45) is 5.73 Å². The number of anilines is 1. The highest BCUT2D eigenvalue weighted by Crippen LogP contribution is 2.25. The molecule has 1 amide bonds. The number of aryl methyl sites for hydroxylation is 1. The Morgan fingerprint density at radius 2 is 2.06 bits per heavy atom. The van der Waals surface area contributed by atoms with E-state index in [1.165, 1.54) is 0 Å². The van der Waals surface area contributed by atoms with Gasteiger partial charge >= 0.3 is 0 Å². The number of ether oxygens (including phenoxy) is 1. The first-order valence-electron chi connectivity index (χ1n) is 5.37. The lowest BCUT2D eigenvalue weighted by Crippen LogP contribution is -2.10. The molecule has 0 fully saturated rings. The van der Waals surface area contributed by atoms with Crippen molar-refractivity contribution in [1.29, 1.82) is 0 Å². The van der Waals surface area contributed by atoms with Gasteiger partial charge in [-0.15, -0.1) is 0 Å². The molecule has 0 unspecified atom stereocenters. The Morgan fingerprint density at radius 3 is 2.78 bits per heavy atom. The van der Waals surface area contributed by atoms with Crippen LogP contribution in [0.25, 0.3) is 0 Å². The van der Waals surface area contributed by atoms with Gasteiger partial charge in [-0.25, -0.2) is 4.98 Å². The molecule has 18 heavy (non-hydrogen) atoms. The van der Waals surface area contributed by atoms with Crippen molar-refractivity contribution in [3.05, 3.63) is 47.7 Å². The highest BCUT2D eigenvalue weighted by Gasteiger charge is 2.06. The van der Waals surface area contributed by atoms with Crippen molar-refractivity contribution < 1.29 is 9.53 Å². The summed E-state index contributed by atoms with van der Waals surface area (Å²) >= 11 is 0. The van der Waals surface area contributed by atoms with E-state index in [0.717, 1.165) is 5.69 Å². The molecule has 92 valence electrons. The van der Waals surface area contributed by atoms with Crippen LogP contribution in [0.2, 0.25) is 0 Å². The Hall–Kier alpha value is -2.56.